The monoisotopic (exact) mass is 259 g/mol. The van der Waals surface area contributed by atoms with Crippen molar-refractivity contribution in [2.45, 2.75) is 38.5 Å². The average Bonchev–Trinajstić information content (AvgIpc) is 2.43. The van der Waals surface area contributed by atoms with E-state index in [1.807, 2.05) is 6.07 Å². The molecule has 0 saturated carbocycles. The number of aromatic hydroxyl groups is 1. The van der Waals surface area contributed by atoms with Crippen molar-refractivity contribution in [1.82, 2.24) is 5.32 Å². The molecule has 1 aliphatic rings. The zero-order valence-corrected chi connectivity index (χ0v) is 11.2. The second-order valence-electron chi connectivity index (χ2n) is 5.01. The van der Waals surface area contributed by atoms with Crippen LogP contribution in [0.4, 0.5) is 0 Å². The Morgan fingerprint density at radius 2 is 2.11 bits per heavy atom. The van der Waals surface area contributed by atoms with Gasteiger partial charge in [0.2, 0.25) is 5.91 Å². The first-order valence-corrected chi connectivity index (χ1v) is 6.97. The first-order chi connectivity index (χ1) is 9.25. The first-order valence-electron chi connectivity index (χ1n) is 6.97. The summed E-state index contributed by atoms with van der Waals surface area (Å²) in [4.78, 5) is 11.8. The largest absolute Gasteiger partial charge is 0.508 e. The van der Waals surface area contributed by atoms with Crippen molar-refractivity contribution in [3.63, 3.8) is 0 Å². The molecule has 0 atom stereocenters. The molecule has 1 amide bonds. The molecule has 2 rings (SSSR count). The molecule has 0 spiro atoms. The normalized spacial score (nSPS) is 14.8. The van der Waals surface area contributed by atoms with E-state index < -0.39 is 0 Å². The van der Waals surface area contributed by atoms with Gasteiger partial charge in [0.25, 0.3) is 0 Å². The standard InChI is InChI=1S/C16H21NO2/c18-15-9-5-4-8-14(15)12-16(19)17-11-10-13-6-2-1-3-7-13/h4-6,8-9,18H,1-3,7,10-12H2,(H,17,19). The minimum absolute atomic E-state index is 0.0297. The molecule has 1 aliphatic carbocycles. The lowest BCUT2D eigenvalue weighted by molar-refractivity contribution is -0.120. The number of carbonyl (C=O) groups is 1. The number of hydrogen-bond donors (Lipinski definition) is 2. The summed E-state index contributed by atoms with van der Waals surface area (Å²) in [7, 11) is 0. The summed E-state index contributed by atoms with van der Waals surface area (Å²) in [6, 6.07) is 6.97. The van der Waals surface area contributed by atoms with E-state index in [-0.39, 0.29) is 18.1 Å². The third kappa shape index (κ3) is 4.43. The van der Waals surface area contributed by atoms with Gasteiger partial charge < -0.3 is 10.4 Å². The molecule has 3 heteroatoms. The summed E-state index contributed by atoms with van der Waals surface area (Å²) in [5.41, 5.74) is 2.14. The number of para-hydroxylation sites is 1. The fourth-order valence-corrected chi connectivity index (χ4v) is 2.39. The molecular formula is C16H21NO2. The predicted molar refractivity (Wildman–Crippen MR) is 76.0 cm³/mol. The Morgan fingerprint density at radius 3 is 2.84 bits per heavy atom. The van der Waals surface area contributed by atoms with Crippen LogP contribution in [0.3, 0.4) is 0 Å². The second kappa shape index (κ2) is 6.98. The molecule has 0 saturated heterocycles. The van der Waals surface area contributed by atoms with Gasteiger partial charge in [0.05, 0.1) is 6.42 Å². The van der Waals surface area contributed by atoms with Gasteiger partial charge in [-0.2, -0.15) is 0 Å². The number of phenols is 1. The molecule has 0 bridgehead atoms. The zero-order chi connectivity index (χ0) is 13.5. The molecule has 19 heavy (non-hydrogen) atoms. The number of phenolic OH excluding ortho intramolecular Hbond substituents is 1. The molecule has 0 aliphatic heterocycles. The molecule has 1 aromatic rings. The van der Waals surface area contributed by atoms with Gasteiger partial charge in [0, 0.05) is 12.1 Å². The number of hydrogen-bond acceptors (Lipinski definition) is 2. The van der Waals surface area contributed by atoms with Gasteiger partial charge >= 0.3 is 0 Å². The first kappa shape index (κ1) is 13.7. The maximum atomic E-state index is 11.8. The Bertz CT molecular complexity index is 466. The van der Waals surface area contributed by atoms with Gasteiger partial charge in [0.1, 0.15) is 5.75 Å². The summed E-state index contributed by atoms with van der Waals surface area (Å²) in [5.74, 6) is 0.158. The van der Waals surface area contributed by atoms with Crippen LogP contribution in [0.1, 0.15) is 37.7 Å². The van der Waals surface area contributed by atoms with Crippen molar-refractivity contribution in [3.05, 3.63) is 41.5 Å². The van der Waals surface area contributed by atoms with E-state index in [1.165, 1.54) is 31.3 Å². The summed E-state index contributed by atoms with van der Waals surface area (Å²) < 4.78 is 0. The van der Waals surface area contributed by atoms with Crippen molar-refractivity contribution in [2.75, 3.05) is 6.54 Å². The maximum Gasteiger partial charge on any atom is 0.224 e. The van der Waals surface area contributed by atoms with Gasteiger partial charge in [-0.25, -0.2) is 0 Å². The Hall–Kier alpha value is -1.77. The zero-order valence-electron chi connectivity index (χ0n) is 11.2. The highest BCUT2D eigenvalue weighted by molar-refractivity contribution is 5.79. The van der Waals surface area contributed by atoms with Crippen molar-refractivity contribution in [2.24, 2.45) is 0 Å². The summed E-state index contributed by atoms with van der Waals surface area (Å²) >= 11 is 0. The Kier molecular flexibility index (Phi) is 5.01. The van der Waals surface area contributed by atoms with Crippen LogP contribution in [-0.2, 0) is 11.2 Å². The second-order valence-corrected chi connectivity index (χ2v) is 5.01. The lowest BCUT2D eigenvalue weighted by Gasteiger charge is -2.13. The van der Waals surface area contributed by atoms with E-state index in [9.17, 15) is 9.90 Å². The predicted octanol–water partition coefficient (Wildman–Crippen LogP) is 2.94. The summed E-state index contributed by atoms with van der Waals surface area (Å²) in [6.07, 6.45) is 8.42. The van der Waals surface area contributed by atoms with E-state index in [4.69, 9.17) is 0 Å². The number of amides is 1. The topological polar surface area (TPSA) is 49.3 Å². The van der Waals surface area contributed by atoms with Crippen molar-refractivity contribution >= 4 is 5.91 Å². The quantitative estimate of drug-likeness (QED) is 0.799. The van der Waals surface area contributed by atoms with Crippen molar-refractivity contribution < 1.29 is 9.90 Å². The van der Waals surface area contributed by atoms with E-state index in [2.05, 4.69) is 11.4 Å². The molecule has 0 aromatic heterocycles. The molecule has 102 valence electrons. The number of benzene rings is 1. The van der Waals surface area contributed by atoms with E-state index in [0.29, 0.717) is 12.1 Å². The lowest BCUT2D eigenvalue weighted by atomic mass is 9.97. The smallest absolute Gasteiger partial charge is 0.224 e. The van der Waals surface area contributed by atoms with E-state index >= 15 is 0 Å². The number of nitrogens with one attached hydrogen (secondary N) is 1. The molecule has 0 heterocycles. The highest BCUT2D eigenvalue weighted by atomic mass is 16.3. The van der Waals surface area contributed by atoms with Crippen LogP contribution in [0.2, 0.25) is 0 Å². The SMILES string of the molecule is O=C(Cc1ccccc1O)NCCC1=CCCCC1. The van der Waals surface area contributed by atoms with E-state index in [0.717, 1.165) is 6.42 Å². The molecule has 0 unspecified atom stereocenters. The Labute approximate surface area is 114 Å². The van der Waals surface area contributed by atoms with Crippen LogP contribution in [0.15, 0.2) is 35.9 Å². The van der Waals surface area contributed by atoms with Crippen molar-refractivity contribution in [1.29, 1.82) is 0 Å². The third-order valence-corrected chi connectivity index (χ3v) is 3.50. The van der Waals surface area contributed by atoms with Crippen LogP contribution in [0.25, 0.3) is 0 Å². The molecule has 0 radical (unpaired) electrons. The maximum absolute atomic E-state index is 11.8. The van der Waals surface area contributed by atoms with Crippen LogP contribution in [0, 0.1) is 0 Å². The Balaban J connectivity index is 1.73. The van der Waals surface area contributed by atoms with Crippen LogP contribution in [-0.4, -0.2) is 17.6 Å². The van der Waals surface area contributed by atoms with Crippen LogP contribution in [0.5, 0.6) is 5.75 Å². The van der Waals surface area contributed by atoms with Gasteiger partial charge in [-0.1, -0.05) is 29.8 Å². The molecule has 3 nitrogen and oxygen atoms in total. The Morgan fingerprint density at radius 1 is 1.26 bits per heavy atom. The molecule has 2 N–H and O–H groups in total. The highest BCUT2D eigenvalue weighted by Gasteiger charge is 2.07. The van der Waals surface area contributed by atoms with Gasteiger partial charge in [0.15, 0.2) is 0 Å². The van der Waals surface area contributed by atoms with Crippen LogP contribution >= 0.6 is 0 Å². The molecular weight excluding hydrogens is 238 g/mol. The van der Waals surface area contributed by atoms with Gasteiger partial charge in [-0.05, 0) is 38.2 Å². The minimum atomic E-state index is -0.0297. The average molecular weight is 259 g/mol. The van der Waals surface area contributed by atoms with Crippen LogP contribution < -0.4 is 5.32 Å². The number of carbonyl (C=O) groups excluding carboxylic acids is 1. The van der Waals surface area contributed by atoms with E-state index in [1.54, 1.807) is 18.2 Å². The van der Waals surface area contributed by atoms with Crippen molar-refractivity contribution in [3.8, 4) is 5.75 Å². The van der Waals surface area contributed by atoms with Gasteiger partial charge in [-0.3, -0.25) is 4.79 Å². The minimum Gasteiger partial charge on any atom is -0.508 e. The number of allylic oxidation sites excluding steroid dienone is 1. The molecule has 1 aromatic carbocycles. The highest BCUT2D eigenvalue weighted by Crippen LogP contribution is 2.19. The summed E-state index contributed by atoms with van der Waals surface area (Å²) in [6.45, 7) is 0.693. The fourth-order valence-electron chi connectivity index (χ4n) is 2.39. The molecule has 0 fully saturated rings. The third-order valence-electron chi connectivity index (χ3n) is 3.50. The number of rotatable bonds is 5. The van der Waals surface area contributed by atoms with Gasteiger partial charge in [-0.15, -0.1) is 0 Å². The fraction of sp³-hybridized carbons (Fsp3) is 0.438. The lowest BCUT2D eigenvalue weighted by Crippen LogP contribution is -2.26. The summed E-state index contributed by atoms with van der Waals surface area (Å²) in [5, 5.41) is 12.5.